The predicted molar refractivity (Wildman–Crippen MR) is 29.1 cm³/mol. The van der Waals surface area contributed by atoms with Crippen molar-refractivity contribution in [2.24, 2.45) is 0 Å². The number of hydrogen-bond acceptors (Lipinski definition) is 1. The quantitative estimate of drug-likeness (QED) is 0.473. The molecular formula is C4H7FKNO. The second kappa shape index (κ2) is 6.16. The molecule has 1 fully saturated rings. The van der Waals surface area contributed by atoms with Crippen LogP contribution in [0.25, 0.3) is 0 Å². The maximum atomic E-state index is 10.1. The molecule has 0 radical (unpaired) electrons. The second-order valence-corrected chi connectivity index (χ2v) is 1.45. The van der Waals surface area contributed by atoms with E-state index in [0.717, 1.165) is 19.4 Å². The minimum absolute atomic E-state index is 0.204. The van der Waals surface area contributed by atoms with Crippen molar-refractivity contribution in [3.63, 3.8) is 0 Å². The number of nitrogens with one attached hydrogen (secondary N) is 1. The van der Waals surface area contributed by atoms with Crippen molar-refractivity contribution in [3.05, 3.63) is 0 Å². The van der Waals surface area contributed by atoms with Crippen LogP contribution >= 0.6 is 0 Å². The van der Waals surface area contributed by atoms with Gasteiger partial charge in [-0.2, -0.15) is 0 Å². The molecule has 1 heterocycles. The molecule has 0 aromatic carbocycles. The molecule has 0 aromatic rings. The Bertz CT molecular complexity index is 70.4. The molecule has 1 rings (SSSR count). The normalized spacial score (nSPS) is 16.6. The van der Waals surface area contributed by atoms with Crippen molar-refractivity contribution in [2.75, 3.05) is 6.54 Å². The third-order valence-corrected chi connectivity index (χ3v) is 0.903. The molecule has 0 bridgehead atoms. The molecule has 4 heteroatoms. The van der Waals surface area contributed by atoms with E-state index in [1.54, 1.807) is 0 Å². The van der Waals surface area contributed by atoms with Gasteiger partial charge in [-0.1, -0.05) is 0 Å². The van der Waals surface area contributed by atoms with Gasteiger partial charge < -0.3 is 5.32 Å². The van der Waals surface area contributed by atoms with E-state index >= 15 is 0 Å². The Balaban J connectivity index is 0.000000222. The van der Waals surface area contributed by atoms with Crippen LogP contribution in [0.4, 0.5) is -0.211 Å². The first-order valence-corrected chi connectivity index (χ1v) is 3.72. The molecule has 0 unspecified atom stereocenters. The summed E-state index contributed by atoms with van der Waals surface area (Å²) in [5.74, 6) is 0.204. The van der Waals surface area contributed by atoms with Crippen molar-refractivity contribution in [2.45, 2.75) is 12.8 Å². The summed E-state index contributed by atoms with van der Waals surface area (Å²) in [6.45, 7) is 0.888. The zero-order chi connectivity index (χ0) is 6.41. The summed E-state index contributed by atoms with van der Waals surface area (Å²) in [5.41, 5.74) is 0. The molecule has 1 N–H and O–H groups in total. The fourth-order valence-electron chi connectivity index (χ4n) is 0.565. The molecule has 0 saturated carbocycles. The van der Waals surface area contributed by atoms with Crippen molar-refractivity contribution in [3.8, 4) is 0 Å². The van der Waals surface area contributed by atoms with E-state index in [9.17, 15) is 4.58 Å². The van der Waals surface area contributed by atoms with Gasteiger partial charge in [-0.15, -0.1) is 0 Å². The average Bonchev–Trinajstić information content (AvgIpc) is 2.24. The zero-order valence-electron chi connectivity index (χ0n) is 4.91. The van der Waals surface area contributed by atoms with Crippen LogP contribution in [-0.2, 0) is 4.79 Å². The number of halogens is 1. The van der Waals surface area contributed by atoms with E-state index in [1.807, 2.05) is 0 Å². The summed E-state index contributed by atoms with van der Waals surface area (Å²) >= 11 is -0.438. The molecule has 1 aliphatic rings. The van der Waals surface area contributed by atoms with Gasteiger partial charge in [0.15, 0.2) is 0 Å². The van der Waals surface area contributed by atoms with Crippen LogP contribution in [0.1, 0.15) is 12.8 Å². The molecule has 0 aliphatic carbocycles. The van der Waals surface area contributed by atoms with Gasteiger partial charge in [-0.25, -0.2) is 0 Å². The number of amides is 1. The topological polar surface area (TPSA) is 29.1 Å². The number of rotatable bonds is 0. The molecule has 0 spiro atoms. The molecule has 1 saturated heterocycles. The monoisotopic (exact) mass is 143 g/mol. The Kier molecular flexibility index (Phi) is 6.96. The average molecular weight is 143 g/mol. The van der Waals surface area contributed by atoms with Crippen LogP contribution in [0.5, 0.6) is 0 Å². The van der Waals surface area contributed by atoms with Gasteiger partial charge >= 0.3 is 49.7 Å². The van der Waals surface area contributed by atoms with E-state index in [2.05, 4.69) is 5.32 Å². The Morgan fingerprint density at radius 2 is 2.25 bits per heavy atom. The van der Waals surface area contributed by atoms with Crippen LogP contribution in [0, 0.1) is 0 Å². The second-order valence-electron chi connectivity index (χ2n) is 1.45. The Morgan fingerprint density at radius 3 is 2.38 bits per heavy atom. The zero-order valence-corrected chi connectivity index (χ0v) is 8.03. The standard InChI is InChI=1S/C4H7NO.FH.K/c6-4-2-1-3-5-4;;/h1-3H2,(H,5,6);1H;/q;;+1/p-1. The maximum absolute atomic E-state index is 10.1. The van der Waals surface area contributed by atoms with Crippen LogP contribution in [0.3, 0.4) is 0 Å². The Morgan fingerprint density at radius 1 is 1.62 bits per heavy atom. The summed E-state index contributed by atoms with van der Waals surface area (Å²) in [6, 6.07) is 0. The predicted octanol–water partition coefficient (Wildman–Crippen LogP) is -0.0642. The van der Waals surface area contributed by atoms with E-state index in [0.29, 0.717) is 0 Å². The van der Waals surface area contributed by atoms with Crippen LogP contribution < -0.4 is 5.32 Å². The van der Waals surface area contributed by atoms with Gasteiger partial charge in [-0.3, -0.25) is 4.79 Å². The number of hydrogen-bond donors (Lipinski definition) is 1. The van der Waals surface area contributed by atoms with Crippen LogP contribution in [0.15, 0.2) is 0 Å². The number of carbonyl (C=O) groups excluding carboxylic acids is 1. The molecule has 1 amide bonds. The third kappa shape index (κ3) is 3.97. The third-order valence-electron chi connectivity index (χ3n) is 0.903. The van der Waals surface area contributed by atoms with Crippen LogP contribution in [0.2, 0.25) is 0 Å². The summed E-state index contributed by atoms with van der Waals surface area (Å²) in [4.78, 5) is 10.1. The van der Waals surface area contributed by atoms with Crippen molar-refractivity contribution in [1.82, 2.24) is 5.32 Å². The summed E-state index contributed by atoms with van der Waals surface area (Å²) < 4.78 is 9.69. The van der Waals surface area contributed by atoms with E-state index in [-0.39, 0.29) is 5.91 Å². The minimum atomic E-state index is -0.438. The van der Waals surface area contributed by atoms with Gasteiger partial charge in [0.2, 0.25) is 5.91 Å². The SMILES string of the molecule is O=C1CCCN1.[F][K]. The molecule has 2 nitrogen and oxygen atoms in total. The Hall–Kier alpha value is 1.04. The van der Waals surface area contributed by atoms with E-state index < -0.39 is 49.9 Å². The fraction of sp³-hybridized carbons (Fsp3) is 0.750. The van der Waals surface area contributed by atoms with Crippen molar-refractivity contribution in [1.29, 1.82) is 0 Å². The molecule has 8 heavy (non-hydrogen) atoms. The molecular weight excluding hydrogens is 136 g/mol. The van der Waals surface area contributed by atoms with E-state index in [1.165, 1.54) is 0 Å². The summed E-state index contributed by atoms with van der Waals surface area (Å²) in [7, 11) is 0. The van der Waals surface area contributed by atoms with Crippen molar-refractivity contribution >= 4 is 55.8 Å². The van der Waals surface area contributed by atoms with Gasteiger partial charge in [0.05, 0.1) is 0 Å². The van der Waals surface area contributed by atoms with Gasteiger partial charge in [0.1, 0.15) is 0 Å². The molecule has 1 aliphatic heterocycles. The van der Waals surface area contributed by atoms with Gasteiger partial charge in [-0.05, 0) is 6.42 Å². The van der Waals surface area contributed by atoms with Crippen LogP contribution in [-0.4, -0.2) is 62.4 Å². The molecule has 0 atom stereocenters. The fourth-order valence-corrected chi connectivity index (χ4v) is 0.565. The Labute approximate surface area is 83.8 Å². The van der Waals surface area contributed by atoms with Gasteiger partial charge in [0, 0.05) is 13.0 Å². The summed E-state index contributed by atoms with van der Waals surface area (Å²) in [5, 5.41) is 2.68. The molecule has 42 valence electrons. The van der Waals surface area contributed by atoms with Gasteiger partial charge in [0.25, 0.3) is 0 Å². The first-order valence-electron chi connectivity index (χ1n) is 2.54. The first kappa shape index (κ1) is 9.04. The van der Waals surface area contributed by atoms with E-state index in [4.69, 9.17) is 0 Å². The first-order chi connectivity index (χ1) is 3.89. The van der Waals surface area contributed by atoms with Crippen molar-refractivity contribution < 1.29 is 4.58 Å². The molecule has 0 aromatic heterocycles. The summed E-state index contributed by atoms with van der Waals surface area (Å²) in [6.07, 6.45) is 1.76. The number of carbonyl (C=O) groups is 1.